The minimum absolute atomic E-state index is 0.00802. The van der Waals surface area contributed by atoms with Crippen molar-refractivity contribution in [1.82, 2.24) is 5.32 Å². The molecule has 0 aliphatic heterocycles. The predicted molar refractivity (Wildman–Crippen MR) is 78.7 cm³/mol. The van der Waals surface area contributed by atoms with Gasteiger partial charge in [0, 0.05) is 14.1 Å². The molecular formula is C12H15BrINO. The van der Waals surface area contributed by atoms with Gasteiger partial charge in [-0.2, -0.15) is 0 Å². The van der Waals surface area contributed by atoms with E-state index in [-0.39, 0.29) is 11.9 Å². The van der Waals surface area contributed by atoms with Crippen LogP contribution in [0.1, 0.15) is 37.0 Å². The van der Waals surface area contributed by atoms with Crippen molar-refractivity contribution in [1.29, 1.82) is 0 Å². The first kappa shape index (κ1) is 14.0. The molecule has 0 heterocycles. The molecule has 0 aliphatic carbocycles. The molecule has 0 spiro atoms. The third kappa shape index (κ3) is 4.05. The molecule has 16 heavy (non-hydrogen) atoms. The number of carbonyl (C=O) groups is 1. The van der Waals surface area contributed by atoms with Crippen molar-refractivity contribution in [3.05, 3.63) is 31.8 Å². The second-order valence-corrected chi connectivity index (χ2v) is 5.89. The molecule has 1 rings (SSSR count). The highest BCUT2D eigenvalue weighted by Gasteiger charge is 2.12. The zero-order valence-corrected chi connectivity index (χ0v) is 13.1. The summed E-state index contributed by atoms with van der Waals surface area (Å²) in [4.78, 5) is 12.0. The van der Waals surface area contributed by atoms with Crippen LogP contribution < -0.4 is 5.32 Å². The van der Waals surface area contributed by atoms with Crippen LogP contribution >= 0.6 is 38.5 Å². The van der Waals surface area contributed by atoms with Crippen molar-refractivity contribution in [3.8, 4) is 0 Å². The van der Waals surface area contributed by atoms with Crippen molar-refractivity contribution in [3.63, 3.8) is 0 Å². The molecule has 0 saturated heterocycles. The Morgan fingerprint density at radius 1 is 1.56 bits per heavy atom. The summed E-state index contributed by atoms with van der Waals surface area (Å²) < 4.78 is 1.91. The van der Waals surface area contributed by atoms with Gasteiger partial charge in [-0.15, -0.1) is 0 Å². The first-order chi connectivity index (χ1) is 7.54. The van der Waals surface area contributed by atoms with E-state index in [4.69, 9.17) is 0 Å². The minimum Gasteiger partial charge on any atom is -0.350 e. The molecule has 1 N–H and O–H groups in total. The molecule has 4 heteroatoms. The van der Waals surface area contributed by atoms with E-state index in [1.165, 1.54) is 0 Å². The van der Waals surface area contributed by atoms with Gasteiger partial charge in [0.1, 0.15) is 0 Å². The predicted octanol–water partition coefficient (Wildman–Crippen LogP) is 3.97. The number of hydrogen-bond donors (Lipinski definition) is 1. The van der Waals surface area contributed by atoms with Gasteiger partial charge in [-0.1, -0.05) is 13.3 Å². The first-order valence-corrected chi connectivity index (χ1v) is 7.17. The van der Waals surface area contributed by atoms with Gasteiger partial charge >= 0.3 is 0 Å². The molecule has 0 saturated carbocycles. The van der Waals surface area contributed by atoms with Crippen LogP contribution in [0.3, 0.4) is 0 Å². The smallest absolute Gasteiger partial charge is 0.252 e. The van der Waals surface area contributed by atoms with Gasteiger partial charge in [-0.05, 0) is 70.1 Å². The van der Waals surface area contributed by atoms with E-state index in [0.717, 1.165) is 20.9 Å². The van der Waals surface area contributed by atoms with Gasteiger partial charge in [0.2, 0.25) is 0 Å². The maximum Gasteiger partial charge on any atom is 0.252 e. The molecule has 0 aliphatic rings. The molecule has 1 atom stereocenters. The SMILES string of the molecule is CCCC(C)NC(=O)c1cc(I)ccc1Br. The van der Waals surface area contributed by atoms with Crippen molar-refractivity contribution < 1.29 is 4.79 Å². The van der Waals surface area contributed by atoms with E-state index >= 15 is 0 Å². The Hall–Kier alpha value is -0.100. The van der Waals surface area contributed by atoms with Gasteiger partial charge in [0.25, 0.3) is 5.91 Å². The molecule has 0 radical (unpaired) electrons. The van der Waals surface area contributed by atoms with Gasteiger partial charge < -0.3 is 5.32 Å². The fourth-order valence-electron chi connectivity index (χ4n) is 1.48. The Labute approximate surface area is 118 Å². The van der Waals surface area contributed by atoms with E-state index in [9.17, 15) is 4.79 Å². The van der Waals surface area contributed by atoms with Crippen LogP contribution in [0.5, 0.6) is 0 Å². The van der Waals surface area contributed by atoms with E-state index in [0.29, 0.717) is 5.56 Å². The molecule has 2 nitrogen and oxygen atoms in total. The zero-order chi connectivity index (χ0) is 12.1. The van der Waals surface area contributed by atoms with Crippen LogP contribution in [0.25, 0.3) is 0 Å². The summed E-state index contributed by atoms with van der Waals surface area (Å²) in [6, 6.07) is 5.98. The zero-order valence-electron chi connectivity index (χ0n) is 9.39. The Kier molecular flexibility index (Phi) is 5.75. The Morgan fingerprint density at radius 3 is 2.88 bits per heavy atom. The summed E-state index contributed by atoms with van der Waals surface area (Å²) in [5.41, 5.74) is 0.704. The third-order valence-corrected chi connectivity index (χ3v) is 3.63. The molecule has 1 unspecified atom stereocenters. The molecule has 0 aromatic heterocycles. The van der Waals surface area contributed by atoms with Crippen molar-refractivity contribution in [2.75, 3.05) is 0 Å². The lowest BCUT2D eigenvalue weighted by molar-refractivity contribution is 0.0937. The molecule has 88 valence electrons. The highest BCUT2D eigenvalue weighted by molar-refractivity contribution is 14.1. The van der Waals surface area contributed by atoms with E-state index in [2.05, 4.69) is 50.8 Å². The highest BCUT2D eigenvalue weighted by atomic mass is 127. The fourth-order valence-corrected chi connectivity index (χ4v) is 2.40. The molecular weight excluding hydrogens is 381 g/mol. The van der Waals surface area contributed by atoms with Crippen molar-refractivity contribution in [2.24, 2.45) is 0 Å². The largest absolute Gasteiger partial charge is 0.350 e. The summed E-state index contributed by atoms with van der Waals surface area (Å²) in [5, 5.41) is 2.99. The minimum atomic E-state index is -0.00802. The molecule has 1 aromatic carbocycles. The topological polar surface area (TPSA) is 29.1 Å². The highest BCUT2D eigenvalue weighted by Crippen LogP contribution is 2.19. The van der Waals surface area contributed by atoms with E-state index in [1.54, 1.807) is 0 Å². The van der Waals surface area contributed by atoms with Crippen LogP contribution in [-0.2, 0) is 0 Å². The maximum atomic E-state index is 12.0. The number of halogens is 2. The Balaban J connectivity index is 2.76. The number of carbonyl (C=O) groups excluding carboxylic acids is 1. The number of rotatable bonds is 4. The second-order valence-electron chi connectivity index (χ2n) is 3.79. The van der Waals surface area contributed by atoms with Crippen LogP contribution in [0.2, 0.25) is 0 Å². The summed E-state index contributed by atoms with van der Waals surface area (Å²) >= 11 is 5.60. The number of amides is 1. The monoisotopic (exact) mass is 395 g/mol. The lowest BCUT2D eigenvalue weighted by Gasteiger charge is -2.13. The lowest BCUT2D eigenvalue weighted by atomic mass is 10.1. The average Bonchev–Trinajstić information content (AvgIpc) is 2.21. The molecule has 0 bridgehead atoms. The summed E-state index contributed by atoms with van der Waals surface area (Å²) in [7, 11) is 0. The van der Waals surface area contributed by atoms with Crippen LogP contribution in [0, 0.1) is 3.57 Å². The average molecular weight is 396 g/mol. The number of hydrogen-bond acceptors (Lipinski definition) is 1. The van der Waals surface area contributed by atoms with Crippen LogP contribution in [0.15, 0.2) is 22.7 Å². The number of benzene rings is 1. The van der Waals surface area contributed by atoms with E-state index in [1.807, 2.05) is 25.1 Å². The van der Waals surface area contributed by atoms with Crippen LogP contribution in [0.4, 0.5) is 0 Å². The van der Waals surface area contributed by atoms with Gasteiger partial charge in [-0.3, -0.25) is 4.79 Å². The molecule has 1 aromatic rings. The maximum absolute atomic E-state index is 12.0. The quantitative estimate of drug-likeness (QED) is 0.767. The van der Waals surface area contributed by atoms with E-state index < -0.39 is 0 Å². The first-order valence-electron chi connectivity index (χ1n) is 5.30. The normalized spacial score (nSPS) is 12.2. The molecule has 1 amide bonds. The van der Waals surface area contributed by atoms with Crippen LogP contribution in [-0.4, -0.2) is 11.9 Å². The lowest BCUT2D eigenvalue weighted by Crippen LogP contribution is -2.32. The van der Waals surface area contributed by atoms with Gasteiger partial charge in [-0.25, -0.2) is 0 Å². The fraction of sp³-hybridized carbons (Fsp3) is 0.417. The van der Waals surface area contributed by atoms with Crippen molar-refractivity contribution >= 4 is 44.4 Å². The summed E-state index contributed by atoms with van der Waals surface area (Å²) in [5.74, 6) is -0.00802. The van der Waals surface area contributed by atoms with Gasteiger partial charge in [0.05, 0.1) is 5.56 Å². The summed E-state index contributed by atoms with van der Waals surface area (Å²) in [6.45, 7) is 4.15. The summed E-state index contributed by atoms with van der Waals surface area (Å²) in [6.07, 6.45) is 2.09. The Morgan fingerprint density at radius 2 is 2.25 bits per heavy atom. The second kappa shape index (κ2) is 6.59. The number of nitrogens with one attached hydrogen (secondary N) is 1. The standard InChI is InChI=1S/C12H15BrINO/c1-3-4-8(2)15-12(16)10-7-9(14)5-6-11(10)13/h5-8H,3-4H2,1-2H3,(H,15,16). The Bertz CT molecular complexity index is 381. The van der Waals surface area contributed by atoms with Gasteiger partial charge in [0.15, 0.2) is 0 Å². The third-order valence-electron chi connectivity index (χ3n) is 2.27. The molecule has 0 fully saturated rings. The van der Waals surface area contributed by atoms with Crippen molar-refractivity contribution in [2.45, 2.75) is 32.7 Å².